The van der Waals surface area contributed by atoms with E-state index in [0.717, 1.165) is 10.1 Å². The highest BCUT2D eigenvalue weighted by Gasteiger charge is 2.19. The Bertz CT molecular complexity index is 1130. The first-order valence-corrected chi connectivity index (χ1v) is 6.67. The SMILES string of the molecule is Cn1c(=O)c2nc3[nH]nc(-c4ccccc4)n3c2n(C)c1=O. The van der Waals surface area contributed by atoms with E-state index in [1.807, 2.05) is 30.3 Å². The zero-order valence-electron chi connectivity index (χ0n) is 11.9. The van der Waals surface area contributed by atoms with Crippen LogP contribution in [0.25, 0.3) is 28.3 Å². The van der Waals surface area contributed by atoms with Crippen molar-refractivity contribution < 1.29 is 0 Å². The molecule has 0 saturated heterocycles. The number of benzene rings is 1. The molecule has 22 heavy (non-hydrogen) atoms. The quantitative estimate of drug-likeness (QED) is 0.546. The first kappa shape index (κ1) is 12.6. The Morgan fingerprint density at radius 3 is 2.50 bits per heavy atom. The van der Waals surface area contributed by atoms with Crippen LogP contribution in [0.3, 0.4) is 0 Å². The van der Waals surface area contributed by atoms with E-state index in [0.29, 0.717) is 17.2 Å². The molecule has 0 atom stereocenters. The minimum atomic E-state index is -0.422. The molecule has 4 rings (SSSR count). The summed E-state index contributed by atoms with van der Waals surface area (Å²) in [4.78, 5) is 28.7. The Balaban J connectivity index is 2.25. The number of aromatic nitrogens is 6. The van der Waals surface area contributed by atoms with Gasteiger partial charge >= 0.3 is 5.69 Å². The van der Waals surface area contributed by atoms with Crippen LogP contribution in [-0.4, -0.2) is 28.7 Å². The normalized spacial score (nSPS) is 11.5. The van der Waals surface area contributed by atoms with Crippen molar-refractivity contribution in [3.05, 3.63) is 51.2 Å². The van der Waals surface area contributed by atoms with Crippen LogP contribution in [0.1, 0.15) is 0 Å². The van der Waals surface area contributed by atoms with Crippen molar-refractivity contribution in [1.82, 2.24) is 28.7 Å². The van der Waals surface area contributed by atoms with E-state index in [2.05, 4.69) is 15.2 Å². The summed E-state index contributed by atoms with van der Waals surface area (Å²) in [5, 5.41) is 7.06. The van der Waals surface area contributed by atoms with Crippen LogP contribution in [-0.2, 0) is 14.1 Å². The van der Waals surface area contributed by atoms with E-state index < -0.39 is 11.2 Å². The maximum atomic E-state index is 12.3. The van der Waals surface area contributed by atoms with Crippen LogP contribution >= 0.6 is 0 Å². The molecule has 1 aromatic carbocycles. The van der Waals surface area contributed by atoms with Crippen LogP contribution in [0.5, 0.6) is 0 Å². The van der Waals surface area contributed by atoms with Gasteiger partial charge in [0, 0.05) is 19.7 Å². The molecule has 8 nitrogen and oxygen atoms in total. The molecule has 3 heterocycles. The highest BCUT2D eigenvalue weighted by molar-refractivity contribution is 5.78. The minimum absolute atomic E-state index is 0.232. The smallest absolute Gasteiger partial charge is 0.280 e. The lowest BCUT2D eigenvalue weighted by Gasteiger charge is -2.04. The number of hydrogen-bond acceptors (Lipinski definition) is 4. The number of imidazole rings is 1. The van der Waals surface area contributed by atoms with Gasteiger partial charge in [0.05, 0.1) is 0 Å². The van der Waals surface area contributed by atoms with Gasteiger partial charge in [0.2, 0.25) is 5.78 Å². The summed E-state index contributed by atoms with van der Waals surface area (Å²) in [5.74, 6) is 1.02. The van der Waals surface area contributed by atoms with E-state index in [-0.39, 0.29) is 5.52 Å². The largest absolute Gasteiger partial charge is 0.332 e. The summed E-state index contributed by atoms with van der Waals surface area (Å²) in [6.45, 7) is 0. The van der Waals surface area contributed by atoms with Gasteiger partial charge in [-0.05, 0) is 0 Å². The average Bonchev–Trinajstić information content (AvgIpc) is 3.10. The van der Waals surface area contributed by atoms with Crippen LogP contribution in [0.2, 0.25) is 0 Å². The van der Waals surface area contributed by atoms with Gasteiger partial charge in [0.1, 0.15) is 0 Å². The Morgan fingerprint density at radius 1 is 1.05 bits per heavy atom. The Labute approximate surface area is 123 Å². The molecular formula is C14H12N6O2. The van der Waals surface area contributed by atoms with Gasteiger partial charge in [0.25, 0.3) is 5.56 Å². The lowest BCUT2D eigenvalue weighted by atomic mass is 10.2. The first-order valence-electron chi connectivity index (χ1n) is 6.67. The predicted molar refractivity (Wildman–Crippen MR) is 80.8 cm³/mol. The maximum absolute atomic E-state index is 12.3. The highest BCUT2D eigenvalue weighted by Crippen LogP contribution is 2.21. The van der Waals surface area contributed by atoms with Crippen molar-refractivity contribution in [1.29, 1.82) is 0 Å². The molecule has 0 aliphatic rings. The van der Waals surface area contributed by atoms with Gasteiger partial charge in [-0.1, -0.05) is 30.3 Å². The van der Waals surface area contributed by atoms with Crippen LogP contribution in [0, 0.1) is 0 Å². The zero-order chi connectivity index (χ0) is 15.4. The lowest BCUT2D eigenvalue weighted by molar-refractivity contribution is 0.706. The van der Waals surface area contributed by atoms with Crippen molar-refractivity contribution in [2.75, 3.05) is 0 Å². The molecule has 0 aliphatic carbocycles. The molecule has 0 spiro atoms. The maximum Gasteiger partial charge on any atom is 0.332 e. The fraction of sp³-hybridized carbons (Fsp3) is 0.143. The Kier molecular flexibility index (Phi) is 2.38. The third-order valence-corrected chi connectivity index (χ3v) is 3.76. The monoisotopic (exact) mass is 296 g/mol. The summed E-state index contributed by atoms with van der Waals surface area (Å²) in [6, 6.07) is 9.51. The fourth-order valence-corrected chi connectivity index (χ4v) is 2.64. The number of nitrogens with one attached hydrogen (secondary N) is 1. The van der Waals surface area contributed by atoms with Gasteiger partial charge in [-0.3, -0.25) is 13.9 Å². The third-order valence-electron chi connectivity index (χ3n) is 3.76. The van der Waals surface area contributed by atoms with Crippen molar-refractivity contribution in [2.24, 2.45) is 14.1 Å². The van der Waals surface area contributed by atoms with Gasteiger partial charge < -0.3 is 0 Å². The summed E-state index contributed by atoms with van der Waals surface area (Å²) in [7, 11) is 3.05. The number of nitrogens with zero attached hydrogens (tertiary/aromatic N) is 5. The van der Waals surface area contributed by atoms with Crippen LogP contribution in [0.4, 0.5) is 0 Å². The molecule has 1 N–H and O–H groups in total. The molecule has 0 aliphatic heterocycles. The third kappa shape index (κ3) is 1.46. The van der Waals surface area contributed by atoms with Crippen molar-refractivity contribution in [3.63, 3.8) is 0 Å². The molecule has 8 heteroatoms. The molecule has 0 saturated carbocycles. The second kappa shape index (κ2) is 4.17. The van der Waals surface area contributed by atoms with Crippen LogP contribution in [0.15, 0.2) is 39.9 Å². The Hall–Kier alpha value is -3.16. The number of H-pyrrole nitrogens is 1. The predicted octanol–water partition coefficient (Wildman–Crippen LogP) is 0.275. The van der Waals surface area contributed by atoms with Crippen molar-refractivity contribution in [2.45, 2.75) is 0 Å². The molecule has 0 fully saturated rings. The molecule has 0 unspecified atom stereocenters. The molecule has 3 aromatic heterocycles. The van der Waals surface area contributed by atoms with Gasteiger partial charge in [-0.2, -0.15) is 5.10 Å². The number of aromatic amines is 1. The van der Waals surface area contributed by atoms with Crippen LogP contribution < -0.4 is 11.2 Å². The number of fused-ring (bicyclic) bond motifs is 3. The number of hydrogen-bond donors (Lipinski definition) is 1. The number of aryl methyl sites for hydroxylation is 1. The average molecular weight is 296 g/mol. The summed E-state index contributed by atoms with van der Waals surface area (Å²) in [6.07, 6.45) is 0. The molecule has 110 valence electrons. The van der Waals surface area contributed by atoms with Crippen molar-refractivity contribution in [3.8, 4) is 11.4 Å². The molecule has 0 radical (unpaired) electrons. The van der Waals surface area contributed by atoms with Gasteiger partial charge in [-0.25, -0.2) is 19.3 Å². The second-order valence-corrected chi connectivity index (χ2v) is 5.06. The summed E-state index contributed by atoms with van der Waals surface area (Å²) >= 11 is 0. The molecule has 0 amide bonds. The zero-order valence-corrected chi connectivity index (χ0v) is 11.9. The minimum Gasteiger partial charge on any atom is -0.280 e. The van der Waals surface area contributed by atoms with E-state index in [1.54, 1.807) is 11.4 Å². The van der Waals surface area contributed by atoms with E-state index in [9.17, 15) is 9.59 Å². The second-order valence-electron chi connectivity index (χ2n) is 5.06. The van der Waals surface area contributed by atoms with E-state index >= 15 is 0 Å². The topological polar surface area (TPSA) is 90.0 Å². The Morgan fingerprint density at radius 2 is 1.77 bits per heavy atom. The summed E-state index contributed by atoms with van der Waals surface area (Å²) < 4.78 is 4.14. The molecule has 0 bridgehead atoms. The first-order chi connectivity index (χ1) is 10.6. The molecule has 4 aromatic rings. The summed E-state index contributed by atoms with van der Waals surface area (Å²) in [5.41, 5.74) is 0.695. The van der Waals surface area contributed by atoms with Crippen molar-refractivity contribution >= 4 is 16.9 Å². The van der Waals surface area contributed by atoms with Gasteiger partial charge in [-0.15, -0.1) is 0 Å². The lowest BCUT2D eigenvalue weighted by Crippen LogP contribution is -2.37. The molecular weight excluding hydrogens is 284 g/mol. The van der Waals surface area contributed by atoms with E-state index in [4.69, 9.17) is 0 Å². The standard InChI is InChI=1S/C14H12N6O2/c1-18-11-9(12(21)19(2)14(18)22)15-13-17-16-10(20(11)13)8-6-4-3-5-7-8/h3-7H,1-2H3,(H,15,17). The number of rotatable bonds is 1. The van der Waals surface area contributed by atoms with E-state index in [1.165, 1.54) is 11.6 Å². The van der Waals surface area contributed by atoms with Gasteiger partial charge in [0.15, 0.2) is 17.0 Å². The highest BCUT2D eigenvalue weighted by atomic mass is 16.2. The fourth-order valence-electron chi connectivity index (χ4n) is 2.64.